The second kappa shape index (κ2) is 6.89. The molecule has 0 spiro atoms. The Kier molecular flexibility index (Phi) is 5.18. The zero-order valence-electron chi connectivity index (χ0n) is 12.6. The smallest absolute Gasteiger partial charge is 0.222 e. The first-order valence-corrected chi connectivity index (χ1v) is 7.69. The first kappa shape index (κ1) is 15.0. The fourth-order valence-electron chi connectivity index (χ4n) is 2.98. The Balaban J connectivity index is 1.86. The fraction of sp³-hybridized carbons (Fsp3) is 0.588. The van der Waals surface area contributed by atoms with Gasteiger partial charge in [0.05, 0.1) is 0 Å². The van der Waals surface area contributed by atoms with Crippen LogP contribution in [0.1, 0.15) is 51.1 Å². The number of benzene rings is 1. The van der Waals surface area contributed by atoms with Gasteiger partial charge in [0.15, 0.2) is 0 Å². The fourth-order valence-corrected chi connectivity index (χ4v) is 2.98. The highest BCUT2D eigenvalue weighted by atomic mass is 16.2. The molecule has 1 aliphatic rings. The molecule has 2 N–H and O–H groups in total. The SMILES string of the molecule is C[C@@H]1CCCN(C(=O)CC[C@@H](N)c2ccccc2)[C@H]1C. The van der Waals surface area contributed by atoms with Crippen LogP contribution in [0.5, 0.6) is 0 Å². The molecule has 1 aromatic rings. The zero-order valence-corrected chi connectivity index (χ0v) is 12.6. The molecular weight excluding hydrogens is 248 g/mol. The molecule has 110 valence electrons. The van der Waals surface area contributed by atoms with Gasteiger partial charge in [0.25, 0.3) is 0 Å². The van der Waals surface area contributed by atoms with Gasteiger partial charge in [-0.3, -0.25) is 4.79 Å². The molecule has 2 rings (SSSR count). The molecular formula is C17H26N2O. The van der Waals surface area contributed by atoms with Crippen molar-refractivity contribution in [1.29, 1.82) is 0 Å². The van der Waals surface area contributed by atoms with E-state index in [9.17, 15) is 4.79 Å². The average Bonchev–Trinajstić information content (AvgIpc) is 2.48. The van der Waals surface area contributed by atoms with Gasteiger partial charge in [-0.2, -0.15) is 0 Å². The molecule has 0 aromatic heterocycles. The first-order chi connectivity index (χ1) is 9.59. The van der Waals surface area contributed by atoms with E-state index in [1.54, 1.807) is 0 Å². The molecule has 0 aliphatic carbocycles. The number of hydrogen-bond acceptors (Lipinski definition) is 2. The summed E-state index contributed by atoms with van der Waals surface area (Å²) in [5, 5.41) is 0. The third-order valence-corrected chi connectivity index (χ3v) is 4.59. The number of nitrogens with zero attached hydrogens (tertiary/aromatic N) is 1. The number of carbonyl (C=O) groups is 1. The predicted molar refractivity (Wildman–Crippen MR) is 82.2 cm³/mol. The largest absolute Gasteiger partial charge is 0.340 e. The number of nitrogens with two attached hydrogens (primary N) is 1. The van der Waals surface area contributed by atoms with Crippen molar-refractivity contribution in [2.75, 3.05) is 6.54 Å². The lowest BCUT2D eigenvalue weighted by molar-refractivity contribution is -0.135. The van der Waals surface area contributed by atoms with Crippen molar-refractivity contribution >= 4 is 5.91 Å². The first-order valence-electron chi connectivity index (χ1n) is 7.69. The van der Waals surface area contributed by atoms with Crippen LogP contribution in [0.4, 0.5) is 0 Å². The van der Waals surface area contributed by atoms with E-state index >= 15 is 0 Å². The third-order valence-electron chi connectivity index (χ3n) is 4.59. The third kappa shape index (κ3) is 3.60. The quantitative estimate of drug-likeness (QED) is 0.917. The van der Waals surface area contributed by atoms with E-state index in [-0.39, 0.29) is 11.9 Å². The molecule has 0 saturated carbocycles. The minimum atomic E-state index is -0.0438. The molecule has 20 heavy (non-hydrogen) atoms. The standard InChI is InChI=1S/C17H26N2O/c1-13-7-6-12-19(14(13)2)17(20)11-10-16(18)15-8-4-3-5-9-15/h3-5,8-9,13-14,16H,6-7,10-12,18H2,1-2H3/t13-,14+,16-/m1/s1. The molecule has 0 bridgehead atoms. The Hall–Kier alpha value is -1.35. The van der Waals surface area contributed by atoms with Crippen molar-refractivity contribution in [3.63, 3.8) is 0 Å². The van der Waals surface area contributed by atoms with E-state index in [1.807, 2.05) is 35.2 Å². The van der Waals surface area contributed by atoms with E-state index in [0.29, 0.717) is 18.4 Å². The summed E-state index contributed by atoms with van der Waals surface area (Å²) in [6, 6.07) is 10.3. The Bertz CT molecular complexity index is 432. The molecule has 1 aliphatic heterocycles. The van der Waals surface area contributed by atoms with E-state index in [2.05, 4.69) is 13.8 Å². The summed E-state index contributed by atoms with van der Waals surface area (Å²) in [7, 11) is 0. The summed E-state index contributed by atoms with van der Waals surface area (Å²) in [5.74, 6) is 0.867. The van der Waals surface area contributed by atoms with Crippen molar-refractivity contribution in [2.45, 2.75) is 51.6 Å². The van der Waals surface area contributed by atoms with Gasteiger partial charge in [-0.05, 0) is 37.7 Å². The van der Waals surface area contributed by atoms with E-state index < -0.39 is 0 Å². The van der Waals surface area contributed by atoms with Crippen LogP contribution in [0.15, 0.2) is 30.3 Å². The number of likely N-dealkylation sites (tertiary alicyclic amines) is 1. The minimum Gasteiger partial charge on any atom is -0.340 e. The van der Waals surface area contributed by atoms with Crippen molar-refractivity contribution in [3.05, 3.63) is 35.9 Å². The summed E-state index contributed by atoms with van der Waals surface area (Å²) < 4.78 is 0. The monoisotopic (exact) mass is 274 g/mol. The van der Waals surface area contributed by atoms with Gasteiger partial charge in [0.1, 0.15) is 0 Å². The summed E-state index contributed by atoms with van der Waals surface area (Å²) in [4.78, 5) is 14.4. The predicted octanol–water partition coefficient (Wildman–Crippen LogP) is 3.11. The van der Waals surface area contributed by atoms with Crippen LogP contribution in [0.25, 0.3) is 0 Å². The number of carbonyl (C=O) groups excluding carboxylic acids is 1. The van der Waals surface area contributed by atoms with Gasteiger partial charge in [0.2, 0.25) is 5.91 Å². The highest BCUT2D eigenvalue weighted by Gasteiger charge is 2.28. The average molecular weight is 274 g/mol. The topological polar surface area (TPSA) is 46.3 Å². The van der Waals surface area contributed by atoms with Crippen LogP contribution in [0.3, 0.4) is 0 Å². The Morgan fingerprint density at radius 1 is 1.35 bits per heavy atom. The summed E-state index contributed by atoms with van der Waals surface area (Å²) >= 11 is 0. The molecule has 3 nitrogen and oxygen atoms in total. The van der Waals surface area contributed by atoms with E-state index in [0.717, 1.165) is 24.9 Å². The van der Waals surface area contributed by atoms with Crippen LogP contribution in [0, 0.1) is 5.92 Å². The van der Waals surface area contributed by atoms with Crippen molar-refractivity contribution in [1.82, 2.24) is 4.90 Å². The molecule has 1 amide bonds. The lowest BCUT2D eigenvalue weighted by Crippen LogP contribution is -2.46. The maximum atomic E-state index is 12.4. The normalized spacial score (nSPS) is 24.4. The Morgan fingerprint density at radius 3 is 2.75 bits per heavy atom. The van der Waals surface area contributed by atoms with Gasteiger partial charge in [0, 0.05) is 25.0 Å². The van der Waals surface area contributed by atoms with Crippen LogP contribution in [0.2, 0.25) is 0 Å². The van der Waals surface area contributed by atoms with Crippen molar-refractivity contribution < 1.29 is 4.79 Å². The van der Waals surface area contributed by atoms with Gasteiger partial charge in [-0.1, -0.05) is 37.3 Å². The molecule has 1 heterocycles. The molecule has 3 atom stereocenters. The Morgan fingerprint density at radius 2 is 2.05 bits per heavy atom. The van der Waals surface area contributed by atoms with Crippen LogP contribution in [-0.2, 0) is 4.79 Å². The highest BCUT2D eigenvalue weighted by Crippen LogP contribution is 2.24. The number of amides is 1. The van der Waals surface area contributed by atoms with Crippen molar-refractivity contribution in [3.8, 4) is 0 Å². The molecule has 0 radical (unpaired) electrons. The zero-order chi connectivity index (χ0) is 14.5. The van der Waals surface area contributed by atoms with E-state index in [1.165, 1.54) is 6.42 Å². The highest BCUT2D eigenvalue weighted by molar-refractivity contribution is 5.76. The van der Waals surface area contributed by atoms with Crippen LogP contribution >= 0.6 is 0 Å². The van der Waals surface area contributed by atoms with Crippen molar-refractivity contribution in [2.24, 2.45) is 11.7 Å². The number of hydrogen-bond donors (Lipinski definition) is 1. The lowest BCUT2D eigenvalue weighted by Gasteiger charge is -2.38. The Labute approximate surface area is 122 Å². The molecule has 1 saturated heterocycles. The summed E-state index contributed by atoms with van der Waals surface area (Å²) in [5.41, 5.74) is 7.28. The lowest BCUT2D eigenvalue weighted by atomic mass is 9.91. The number of piperidine rings is 1. The molecule has 0 unspecified atom stereocenters. The summed E-state index contributed by atoms with van der Waals surface area (Å²) in [6.45, 7) is 5.31. The maximum absolute atomic E-state index is 12.4. The van der Waals surface area contributed by atoms with Crippen LogP contribution in [-0.4, -0.2) is 23.4 Å². The van der Waals surface area contributed by atoms with Crippen LogP contribution < -0.4 is 5.73 Å². The van der Waals surface area contributed by atoms with Gasteiger partial charge in [-0.25, -0.2) is 0 Å². The van der Waals surface area contributed by atoms with Gasteiger partial charge in [-0.15, -0.1) is 0 Å². The second-order valence-corrected chi connectivity index (χ2v) is 6.00. The molecule has 1 fully saturated rings. The van der Waals surface area contributed by atoms with Gasteiger partial charge < -0.3 is 10.6 Å². The molecule has 3 heteroatoms. The number of rotatable bonds is 4. The minimum absolute atomic E-state index is 0.0438. The molecule has 1 aromatic carbocycles. The maximum Gasteiger partial charge on any atom is 0.222 e. The van der Waals surface area contributed by atoms with E-state index in [4.69, 9.17) is 5.73 Å². The summed E-state index contributed by atoms with van der Waals surface area (Å²) in [6.07, 6.45) is 3.63. The van der Waals surface area contributed by atoms with Gasteiger partial charge >= 0.3 is 0 Å². The second-order valence-electron chi connectivity index (χ2n) is 6.00.